The quantitative estimate of drug-likeness (QED) is 0.585. The molecule has 2 N–H and O–H groups in total. The van der Waals surface area contributed by atoms with Crippen molar-refractivity contribution in [2.75, 3.05) is 47.3 Å². The fraction of sp³-hybridized carbons (Fsp3) is 0.348. The van der Waals surface area contributed by atoms with E-state index in [4.69, 9.17) is 5.26 Å². The summed E-state index contributed by atoms with van der Waals surface area (Å²) in [5.74, 6) is 0.0782. The minimum atomic E-state index is 0. The molecule has 0 radical (unpaired) electrons. The van der Waals surface area contributed by atoms with Gasteiger partial charge in [-0.2, -0.15) is 5.26 Å². The lowest BCUT2D eigenvalue weighted by molar-refractivity contribution is -0.115. The van der Waals surface area contributed by atoms with Crippen LogP contribution in [0.1, 0.15) is 11.1 Å². The number of carbonyl (C=O) groups excluding carboxylic acids is 1. The van der Waals surface area contributed by atoms with Crippen LogP contribution < -0.4 is 0 Å². The lowest BCUT2D eigenvalue weighted by Crippen LogP contribution is -2.43. The highest BCUT2D eigenvalue weighted by atomic mass is 35.5. The van der Waals surface area contributed by atoms with Gasteiger partial charge in [-0.25, -0.2) is 0 Å². The van der Waals surface area contributed by atoms with Crippen LogP contribution in [0.5, 0.6) is 5.88 Å². The number of aromatic hydroxyl groups is 1. The summed E-state index contributed by atoms with van der Waals surface area (Å²) in [6.07, 6.45) is 2.63. The molecule has 170 valence electrons. The Labute approximate surface area is 194 Å². The van der Waals surface area contributed by atoms with Gasteiger partial charge in [0.25, 0.3) is 0 Å². The van der Waals surface area contributed by atoms with E-state index in [1.54, 1.807) is 32.3 Å². The molecule has 2 aromatic heterocycles. The Morgan fingerprint density at radius 3 is 2.47 bits per heavy atom. The van der Waals surface area contributed by atoms with Crippen LogP contribution in [0.2, 0.25) is 0 Å². The number of halogens is 1. The first-order valence-electron chi connectivity index (χ1n) is 10.1. The molecule has 0 bridgehead atoms. The number of pyridine rings is 1. The largest absolute Gasteiger partial charge is 0.494 e. The number of aromatic amines is 1. The second kappa shape index (κ2) is 11.5. The van der Waals surface area contributed by atoms with Gasteiger partial charge in [-0.1, -0.05) is 6.07 Å². The summed E-state index contributed by atoms with van der Waals surface area (Å²) in [5.41, 5.74) is 3.86. The van der Waals surface area contributed by atoms with Crippen LogP contribution in [-0.4, -0.2) is 83.5 Å². The van der Waals surface area contributed by atoms with E-state index in [1.165, 1.54) is 4.90 Å². The van der Waals surface area contributed by atoms with Crippen molar-refractivity contribution in [3.63, 3.8) is 0 Å². The van der Waals surface area contributed by atoms with Crippen molar-refractivity contribution < 1.29 is 9.90 Å². The second-order valence-corrected chi connectivity index (χ2v) is 7.92. The molecule has 32 heavy (non-hydrogen) atoms. The van der Waals surface area contributed by atoms with Gasteiger partial charge in [-0.3, -0.25) is 14.7 Å². The van der Waals surface area contributed by atoms with E-state index in [0.717, 1.165) is 55.6 Å². The summed E-state index contributed by atoms with van der Waals surface area (Å²) in [6, 6.07) is 11.5. The number of piperazine rings is 1. The third kappa shape index (κ3) is 6.20. The molecule has 1 aromatic carbocycles. The average molecular weight is 457 g/mol. The molecule has 3 aromatic rings. The Morgan fingerprint density at radius 2 is 1.91 bits per heavy atom. The second-order valence-electron chi connectivity index (χ2n) is 7.92. The number of benzene rings is 1. The van der Waals surface area contributed by atoms with E-state index < -0.39 is 0 Å². The Bertz CT molecular complexity index is 1070. The first-order valence-corrected chi connectivity index (χ1v) is 10.1. The van der Waals surface area contributed by atoms with Gasteiger partial charge in [0.2, 0.25) is 6.41 Å². The molecule has 1 aliphatic heterocycles. The molecule has 0 spiro atoms. The summed E-state index contributed by atoms with van der Waals surface area (Å²) < 4.78 is 0. The molecular formula is C23H29ClN6O2. The fourth-order valence-corrected chi connectivity index (χ4v) is 3.44. The summed E-state index contributed by atoms with van der Waals surface area (Å²) in [7, 11) is 5.53. The lowest BCUT2D eigenvalue weighted by atomic mass is 10.1. The highest BCUT2D eigenvalue weighted by molar-refractivity contribution is 5.98. The van der Waals surface area contributed by atoms with Crippen LogP contribution in [-0.2, 0) is 11.3 Å². The maximum atomic E-state index is 10.3. The van der Waals surface area contributed by atoms with Gasteiger partial charge in [-0.15, -0.1) is 12.4 Å². The van der Waals surface area contributed by atoms with Crippen LogP contribution in [0.15, 0.2) is 36.5 Å². The Morgan fingerprint density at radius 1 is 1.22 bits per heavy atom. The van der Waals surface area contributed by atoms with Crippen molar-refractivity contribution >= 4 is 29.7 Å². The molecule has 3 heterocycles. The predicted octanol–water partition coefficient (Wildman–Crippen LogP) is 2.68. The standard InChI is InChI=1S/C20H21N5O.C3H7NO.ClH/c1-24-6-8-25(9-7-24)13-15-3-5-18(22-12-15)19-16-10-14(11-21)2-4-17(16)23-20(19)26;1-4(2)3-5;/h2-5,10,12,23,26H,6-9,13H2,1H3;3H,1-2H3;1H. The molecule has 1 aliphatic rings. The zero-order chi connectivity index (χ0) is 22.4. The topological polar surface area (TPSA) is 99.5 Å². The number of rotatable bonds is 4. The zero-order valence-corrected chi connectivity index (χ0v) is 19.4. The number of H-pyrrole nitrogens is 1. The summed E-state index contributed by atoms with van der Waals surface area (Å²) >= 11 is 0. The van der Waals surface area contributed by atoms with Crippen LogP contribution >= 0.6 is 12.4 Å². The molecule has 0 aliphatic carbocycles. The monoisotopic (exact) mass is 456 g/mol. The Hall–Kier alpha value is -3.12. The number of hydrogen-bond acceptors (Lipinski definition) is 6. The minimum Gasteiger partial charge on any atom is -0.494 e. The van der Waals surface area contributed by atoms with Gasteiger partial charge in [0.15, 0.2) is 5.88 Å². The van der Waals surface area contributed by atoms with Gasteiger partial charge in [0.1, 0.15) is 0 Å². The van der Waals surface area contributed by atoms with E-state index in [0.29, 0.717) is 16.8 Å². The molecular weight excluding hydrogens is 428 g/mol. The number of nitrogens with one attached hydrogen (secondary N) is 1. The van der Waals surface area contributed by atoms with E-state index in [2.05, 4.69) is 39.0 Å². The van der Waals surface area contributed by atoms with Crippen LogP contribution in [0, 0.1) is 11.3 Å². The fourth-order valence-electron chi connectivity index (χ4n) is 3.44. The van der Waals surface area contributed by atoms with Gasteiger partial charge in [0, 0.05) is 63.9 Å². The molecule has 9 heteroatoms. The molecule has 1 amide bonds. The molecule has 0 atom stereocenters. The Balaban J connectivity index is 0.000000548. The number of fused-ring (bicyclic) bond motifs is 1. The van der Waals surface area contributed by atoms with Crippen LogP contribution in [0.4, 0.5) is 0 Å². The first kappa shape index (κ1) is 25.1. The normalized spacial score (nSPS) is 14.1. The van der Waals surface area contributed by atoms with Gasteiger partial charge < -0.3 is 19.9 Å². The summed E-state index contributed by atoms with van der Waals surface area (Å²) in [4.78, 5) is 23.2. The van der Waals surface area contributed by atoms with Gasteiger partial charge in [-0.05, 0) is 36.9 Å². The highest BCUT2D eigenvalue weighted by Gasteiger charge is 2.16. The average Bonchev–Trinajstić information content (AvgIpc) is 3.11. The minimum absolute atomic E-state index is 0. The zero-order valence-electron chi connectivity index (χ0n) is 18.6. The van der Waals surface area contributed by atoms with Gasteiger partial charge in [0.05, 0.1) is 22.9 Å². The smallest absolute Gasteiger partial charge is 0.209 e. The maximum Gasteiger partial charge on any atom is 0.209 e. The number of likely N-dealkylation sites (N-methyl/N-ethyl adjacent to an activating group) is 1. The van der Waals surface area contributed by atoms with Gasteiger partial charge >= 0.3 is 0 Å². The van der Waals surface area contributed by atoms with E-state index in [9.17, 15) is 9.90 Å². The predicted molar refractivity (Wildman–Crippen MR) is 128 cm³/mol. The number of nitriles is 1. The molecule has 4 rings (SSSR count). The van der Waals surface area contributed by atoms with Crippen LogP contribution in [0.25, 0.3) is 22.2 Å². The molecule has 8 nitrogen and oxygen atoms in total. The SMILES string of the molecule is CN(C)C=O.CN1CCN(Cc2ccc(-c3c(O)[nH]c4ccc(C#N)cc34)nc2)CC1.Cl. The van der Waals surface area contributed by atoms with Crippen LogP contribution in [0.3, 0.4) is 0 Å². The first-order chi connectivity index (χ1) is 14.9. The third-order valence-electron chi connectivity index (χ3n) is 5.20. The van der Waals surface area contributed by atoms with E-state index in [-0.39, 0.29) is 18.3 Å². The molecule has 0 unspecified atom stereocenters. The number of hydrogen-bond donors (Lipinski definition) is 2. The summed E-state index contributed by atoms with van der Waals surface area (Å²) in [5, 5.41) is 20.2. The van der Waals surface area contributed by atoms with Crippen molar-refractivity contribution in [3.05, 3.63) is 47.7 Å². The van der Waals surface area contributed by atoms with Crippen molar-refractivity contribution in [2.24, 2.45) is 0 Å². The molecule has 1 saturated heterocycles. The summed E-state index contributed by atoms with van der Waals surface area (Å²) in [6.45, 7) is 5.21. The molecule has 1 fully saturated rings. The number of amides is 1. The van der Waals surface area contributed by atoms with Crippen molar-refractivity contribution in [2.45, 2.75) is 6.54 Å². The third-order valence-corrected chi connectivity index (χ3v) is 5.20. The Kier molecular flexibility index (Phi) is 9.02. The highest BCUT2D eigenvalue weighted by Crippen LogP contribution is 2.36. The molecule has 0 saturated carbocycles. The lowest BCUT2D eigenvalue weighted by Gasteiger charge is -2.32. The number of aromatic nitrogens is 2. The maximum absolute atomic E-state index is 10.3. The van der Waals surface area contributed by atoms with Crippen molar-refractivity contribution in [1.82, 2.24) is 24.7 Å². The van der Waals surface area contributed by atoms with E-state index >= 15 is 0 Å². The van der Waals surface area contributed by atoms with E-state index in [1.807, 2.05) is 12.3 Å². The van der Waals surface area contributed by atoms with Crippen molar-refractivity contribution in [1.29, 1.82) is 5.26 Å². The number of nitrogens with zero attached hydrogens (tertiary/aromatic N) is 5. The number of carbonyl (C=O) groups is 1. The van der Waals surface area contributed by atoms with Crippen molar-refractivity contribution in [3.8, 4) is 23.2 Å².